The highest BCUT2D eigenvalue weighted by Gasteiger charge is 2.30. The second-order valence-corrected chi connectivity index (χ2v) is 4.38. The molecular formula is C14H16N2O. The number of hydrogen-bond donors (Lipinski definition) is 0. The van der Waals surface area contributed by atoms with Crippen molar-refractivity contribution in [2.75, 3.05) is 0 Å². The van der Waals surface area contributed by atoms with Crippen LogP contribution in [-0.4, -0.2) is 16.8 Å². The molecule has 0 aromatic heterocycles. The van der Waals surface area contributed by atoms with E-state index in [0.717, 1.165) is 12.0 Å². The van der Waals surface area contributed by atoms with E-state index >= 15 is 0 Å². The van der Waals surface area contributed by atoms with Crippen LogP contribution in [-0.2, 0) is 17.8 Å². The number of benzene rings is 1. The van der Waals surface area contributed by atoms with E-state index in [1.54, 1.807) is 4.90 Å². The Morgan fingerprint density at radius 1 is 1.35 bits per heavy atom. The molecule has 1 aliphatic heterocycles. The van der Waals surface area contributed by atoms with Crippen molar-refractivity contribution >= 4 is 5.91 Å². The summed E-state index contributed by atoms with van der Waals surface area (Å²) < 4.78 is 0. The average molecular weight is 228 g/mol. The Kier molecular flexibility index (Phi) is 3.43. The Bertz CT molecular complexity index is 444. The van der Waals surface area contributed by atoms with Crippen molar-refractivity contribution in [1.29, 1.82) is 5.26 Å². The third-order valence-electron chi connectivity index (χ3n) is 3.26. The summed E-state index contributed by atoms with van der Waals surface area (Å²) in [6.07, 6.45) is 2.19. The molecule has 3 heteroatoms. The zero-order valence-corrected chi connectivity index (χ0v) is 10.0. The predicted molar refractivity (Wildman–Crippen MR) is 65.0 cm³/mol. The van der Waals surface area contributed by atoms with E-state index in [4.69, 9.17) is 5.26 Å². The van der Waals surface area contributed by atoms with Crippen molar-refractivity contribution in [1.82, 2.24) is 4.90 Å². The number of carbonyl (C=O) groups excluding carboxylic acids is 1. The molecule has 17 heavy (non-hydrogen) atoms. The first-order valence-electron chi connectivity index (χ1n) is 6.01. The Balaban J connectivity index is 2.09. The number of rotatable bonds is 3. The van der Waals surface area contributed by atoms with Crippen LogP contribution in [0.5, 0.6) is 0 Å². The van der Waals surface area contributed by atoms with E-state index in [1.165, 1.54) is 5.56 Å². The lowest BCUT2D eigenvalue weighted by atomic mass is 10.1. The first-order chi connectivity index (χ1) is 8.24. The largest absolute Gasteiger partial charge is 0.322 e. The lowest BCUT2D eigenvalue weighted by Gasteiger charge is -2.19. The third-order valence-corrected chi connectivity index (χ3v) is 3.26. The van der Waals surface area contributed by atoms with Crippen molar-refractivity contribution in [3.63, 3.8) is 0 Å². The molecule has 88 valence electrons. The molecule has 0 saturated carbocycles. The molecule has 1 aromatic rings. The van der Waals surface area contributed by atoms with Crippen LogP contribution in [0.15, 0.2) is 24.3 Å². The van der Waals surface area contributed by atoms with Crippen LogP contribution in [0.1, 0.15) is 30.9 Å². The first kappa shape index (κ1) is 11.7. The van der Waals surface area contributed by atoms with Crippen LogP contribution in [0.3, 0.4) is 0 Å². The van der Waals surface area contributed by atoms with Crippen LogP contribution in [0.4, 0.5) is 0 Å². The molecule has 1 aliphatic rings. The van der Waals surface area contributed by atoms with Gasteiger partial charge >= 0.3 is 0 Å². The van der Waals surface area contributed by atoms with Crippen molar-refractivity contribution in [3.8, 4) is 6.07 Å². The summed E-state index contributed by atoms with van der Waals surface area (Å²) >= 11 is 0. The fourth-order valence-corrected chi connectivity index (χ4v) is 2.14. The maximum atomic E-state index is 11.6. The molecule has 1 atom stereocenters. The Hall–Kier alpha value is -1.82. The van der Waals surface area contributed by atoms with E-state index in [9.17, 15) is 4.79 Å². The second-order valence-electron chi connectivity index (χ2n) is 4.38. The summed E-state index contributed by atoms with van der Waals surface area (Å²) in [4.78, 5) is 13.3. The van der Waals surface area contributed by atoms with Gasteiger partial charge in [-0.3, -0.25) is 4.79 Å². The van der Waals surface area contributed by atoms with Gasteiger partial charge in [-0.05, 0) is 24.0 Å². The van der Waals surface area contributed by atoms with Gasteiger partial charge in [0.15, 0.2) is 0 Å². The zero-order valence-electron chi connectivity index (χ0n) is 10.0. The second kappa shape index (κ2) is 5.01. The van der Waals surface area contributed by atoms with Gasteiger partial charge < -0.3 is 4.90 Å². The summed E-state index contributed by atoms with van der Waals surface area (Å²) in [5, 5.41) is 8.97. The van der Waals surface area contributed by atoms with Crippen LogP contribution < -0.4 is 0 Å². The molecule has 0 N–H and O–H groups in total. The van der Waals surface area contributed by atoms with Gasteiger partial charge in [-0.1, -0.05) is 31.2 Å². The highest BCUT2D eigenvalue weighted by Crippen LogP contribution is 2.21. The SMILES string of the molecule is CCc1ccc(CN2C(=O)CCC2C#N)cc1. The molecule has 0 radical (unpaired) electrons. The standard InChI is InChI=1S/C14H16N2O/c1-2-11-3-5-12(6-4-11)10-16-13(9-15)7-8-14(16)17/h3-6,13H,2,7-8,10H2,1H3. The Morgan fingerprint density at radius 3 is 2.59 bits per heavy atom. The molecule has 1 amide bonds. The minimum Gasteiger partial charge on any atom is -0.322 e. The van der Waals surface area contributed by atoms with E-state index in [0.29, 0.717) is 19.4 Å². The molecule has 1 heterocycles. The van der Waals surface area contributed by atoms with E-state index in [-0.39, 0.29) is 11.9 Å². The number of likely N-dealkylation sites (tertiary alicyclic amines) is 1. The molecule has 3 nitrogen and oxygen atoms in total. The molecule has 1 unspecified atom stereocenters. The molecule has 2 rings (SSSR count). The Labute approximate surface area is 102 Å². The lowest BCUT2D eigenvalue weighted by molar-refractivity contribution is -0.128. The molecule has 1 fully saturated rings. The topological polar surface area (TPSA) is 44.1 Å². The van der Waals surface area contributed by atoms with Gasteiger partial charge in [0.1, 0.15) is 6.04 Å². The summed E-state index contributed by atoms with van der Waals surface area (Å²) in [5.74, 6) is 0.0936. The van der Waals surface area contributed by atoms with Gasteiger partial charge in [0.05, 0.1) is 6.07 Å². The lowest BCUT2D eigenvalue weighted by Crippen LogP contribution is -2.31. The summed E-state index contributed by atoms with van der Waals surface area (Å²) in [7, 11) is 0. The number of hydrogen-bond acceptors (Lipinski definition) is 2. The quantitative estimate of drug-likeness (QED) is 0.796. The maximum absolute atomic E-state index is 11.6. The van der Waals surface area contributed by atoms with Gasteiger partial charge in [-0.15, -0.1) is 0 Å². The predicted octanol–water partition coefficient (Wildman–Crippen LogP) is 2.26. The van der Waals surface area contributed by atoms with Gasteiger partial charge in [0, 0.05) is 13.0 Å². The van der Waals surface area contributed by atoms with Crippen molar-refractivity contribution in [2.45, 2.75) is 38.8 Å². The number of aryl methyl sites for hydroxylation is 1. The molecular weight excluding hydrogens is 212 g/mol. The van der Waals surface area contributed by atoms with Gasteiger partial charge in [-0.25, -0.2) is 0 Å². The summed E-state index contributed by atoms with van der Waals surface area (Å²) in [6.45, 7) is 2.67. The third kappa shape index (κ3) is 2.47. The van der Waals surface area contributed by atoms with Gasteiger partial charge in [0.25, 0.3) is 0 Å². The van der Waals surface area contributed by atoms with Crippen molar-refractivity contribution in [3.05, 3.63) is 35.4 Å². The monoisotopic (exact) mass is 228 g/mol. The molecule has 0 bridgehead atoms. The normalized spacial score (nSPS) is 19.4. The highest BCUT2D eigenvalue weighted by atomic mass is 16.2. The van der Waals surface area contributed by atoms with E-state index < -0.39 is 0 Å². The molecule has 0 aliphatic carbocycles. The number of amides is 1. The summed E-state index contributed by atoms with van der Waals surface area (Å²) in [6, 6.07) is 10.2. The van der Waals surface area contributed by atoms with Crippen LogP contribution in [0, 0.1) is 11.3 Å². The van der Waals surface area contributed by atoms with Crippen LogP contribution >= 0.6 is 0 Å². The highest BCUT2D eigenvalue weighted by molar-refractivity contribution is 5.79. The van der Waals surface area contributed by atoms with E-state index in [1.807, 2.05) is 12.1 Å². The smallest absolute Gasteiger partial charge is 0.224 e. The maximum Gasteiger partial charge on any atom is 0.224 e. The molecule has 1 aromatic carbocycles. The summed E-state index contributed by atoms with van der Waals surface area (Å²) in [5.41, 5.74) is 2.39. The van der Waals surface area contributed by atoms with Crippen molar-refractivity contribution in [2.24, 2.45) is 0 Å². The van der Waals surface area contributed by atoms with Crippen molar-refractivity contribution < 1.29 is 4.79 Å². The Morgan fingerprint density at radius 2 is 2.00 bits per heavy atom. The average Bonchev–Trinajstić information content (AvgIpc) is 2.71. The number of nitriles is 1. The minimum absolute atomic E-state index is 0.0936. The zero-order chi connectivity index (χ0) is 12.3. The molecule has 0 spiro atoms. The molecule has 1 saturated heterocycles. The first-order valence-corrected chi connectivity index (χ1v) is 6.01. The van der Waals surface area contributed by atoms with Crippen LogP contribution in [0.25, 0.3) is 0 Å². The van der Waals surface area contributed by atoms with Gasteiger partial charge in [-0.2, -0.15) is 5.26 Å². The fraction of sp³-hybridized carbons (Fsp3) is 0.429. The number of carbonyl (C=O) groups is 1. The van der Waals surface area contributed by atoms with Crippen LogP contribution in [0.2, 0.25) is 0 Å². The van der Waals surface area contributed by atoms with E-state index in [2.05, 4.69) is 25.1 Å². The minimum atomic E-state index is -0.242. The number of nitrogens with zero attached hydrogens (tertiary/aromatic N) is 2. The fourth-order valence-electron chi connectivity index (χ4n) is 2.14. The van der Waals surface area contributed by atoms with Gasteiger partial charge in [0.2, 0.25) is 5.91 Å².